The first-order valence-corrected chi connectivity index (χ1v) is 4.81. The van der Waals surface area contributed by atoms with Crippen molar-refractivity contribution < 1.29 is 9.53 Å². The molecule has 3 heteroatoms. The van der Waals surface area contributed by atoms with Gasteiger partial charge in [0.25, 0.3) is 0 Å². The van der Waals surface area contributed by atoms with Gasteiger partial charge in [-0.25, -0.2) is 0 Å². The number of hydrogen-bond acceptors (Lipinski definition) is 3. The first kappa shape index (κ1) is 9.65. The van der Waals surface area contributed by atoms with E-state index in [1.165, 1.54) is 0 Å². The zero-order valence-electron chi connectivity index (χ0n) is 8.43. The highest BCUT2D eigenvalue weighted by atomic mass is 16.5. The molecule has 0 N–H and O–H groups in total. The third-order valence-corrected chi connectivity index (χ3v) is 2.13. The van der Waals surface area contributed by atoms with Crippen LogP contribution in [0.4, 0.5) is 0 Å². The highest BCUT2D eigenvalue weighted by molar-refractivity contribution is 5.87. The van der Waals surface area contributed by atoms with Crippen molar-refractivity contribution in [1.82, 2.24) is 4.98 Å². The van der Waals surface area contributed by atoms with Crippen molar-refractivity contribution in [2.75, 3.05) is 6.61 Å². The molecule has 76 valence electrons. The van der Waals surface area contributed by atoms with Gasteiger partial charge in [-0.2, -0.15) is 0 Å². The minimum atomic E-state index is 0.612. The largest absolute Gasteiger partial charge is 0.492 e. The van der Waals surface area contributed by atoms with Gasteiger partial charge in [0.05, 0.1) is 18.3 Å². The Morgan fingerprint density at radius 3 is 3.00 bits per heavy atom. The Kier molecular flexibility index (Phi) is 2.63. The standard InChI is InChI=1S/C12H11NO2/c1-2-15-11-6-10-5-9(8-14)3-4-12(10)13-7-11/h3-8H,2H2,1H3. The van der Waals surface area contributed by atoms with E-state index >= 15 is 0 Å². The van der Waals surface area contributed by atoms with E-state index in [9.17, 15) is 4.79 Å². The first-order valence-electron chi connectivity index (χ1n) is 4.81. The summed E-state index contributed by atoms with van der Waals surface area (Å²) in [5.41, 5.74) is 1.52. The predicted molar refractivity (Wildman–Crippen MR) is 58.3 cm³/mol. The van der Waals surface area contributed by atoms with E-state index in [4.69, 9.17) is 4.74 Å². The number of fused-ring (bicyclic) bond motifs is 1. The molecular weight excluding hydrogens is 190 g/mol. The van der Waals surface area contributed by atoms with Crippen LogP contribution in [0.2, 0.25) is 0 Å². The smallest absolute Gasteiger partial charge is 0.150 e. The average molecular weight is 201 g/mol. The predicted octanol–water partition coefficient (Wildman–Crippen LogP) is 2.45. The third kappa shape index (κ3) is 1.96. The number of aldehydes is 1. The molecule has 0 unspecified atom stereocenters. The van der Waals surface area contributed by atoms with Crippen LogP contribution in [0.15, 0.2) is 30.5 Å². The van der Waals surface area contributed by atoms with E-state index in [0.717, 1.165) is 22.9 Å². The molecule has 0 spiro atoms. The van der Waals surface area contributed by atoms with Crippen molar-refractivity contribution in [3.8, 4) is 5.75 Å². The van der Waals surface area contributed by atoms with Crippen molar-refractivity contribution in [3.63, 3.8) is 0 Å². The molecule has 1 aromatic carbocycles. The Hall–Kier alpha value is -1.90. The molecule has 15 heavy (non-hydrogen) atoms. The maximum atomic E-state index is 10.6. The molecule has 0 bridgehead atoms. The normalized spacial score (nSPS) is 10.2. The van der Waals surface area contributed by atoms with E-state index in [-0.39, 0.29) is 0 Å². The number of hydrogen-bond donors (Lipinski definition) is 0. The van der Waals surface area contributed by atoms with Gasteiger partial charge in [-0.15, -0.1) is 0 Å². The van der Waals surface area contributed by atoms with Crippen LogP contribution in [0, 0.1) is 0 Å². The van der Waals surface area contributed by atoms with Gasteiger partial charge in [0.1, 0.15) is 12.0 Å². The Bertz CT molecular complexity index is 494. The Morgan fingerprint density at radius 2 is 2.27 bits per heavy atom. The number of carbonyl (C=O) groups is 1. The van der Waals surface area contributed by atoms with E-state index in [0.29, 0.717) is 12.2 Å². The van der Waals surface area contributed by atoms with Crippen molar-refractivity contribution >= 4 is 17.2 Å². The Balaban J connectivity index is 2.52. The fraction of sp³-hybridized carbons (Fsp3) is 0.167. The van der Waals surface area contributed by atoms with Crippen LogP contribution < -0.4 is 4.74 Å². The second-order valence-electron chi connectivity index (χ2n) is 3.17. The number of nitrogens with zero attached hydrogens (tertiary/aromatic N) is 1. The molecule has 0 atom stereocenters. The van der Waals surface area contributed by atoms with Gasteiger partial charge in [-0.05, 0) is 31.2 Å². The summed E-state index contributed by atoms with van der Waals surface area (Å²) in [6.07, 6.45) is 2.51. The molecular formula is C12H11NO2. The quantitative estimate of drug-likeness (QED) is 0.716. The molecule has 0 aliphatic carbocycles. The number of aromatic nitrogens is 1. The zero-order valence-corrected chi connectivity index (χ0v) is 8.43. The Labute approximate surface area is 87.7 Å². The van der Waals surface area contributed by atoms with Crippen molar-refractivity contribution in [3.05, 3.63) is 36.0 Å². The molecule has 2 aromatic rings. The van der Waals surface area contributed by atoms with Crippen LogP contribution in [0.5, 0.6) is 5.75 Å². The third-order valence-electron chi connectivity index (χ3n) is 2.13. The fourth-order valence-corrected chi connectivity index (χ4v) is 1.45. The van der Waals surface area contributed by atoms with Crippen molar-refractivity contribution in [2.45, 2.75) is 6.92 Å². The number of rotatable bonds is 3. The summed E-state index contributed by atoms with van der Waals surface area (Å²) in [4.78, 5) is 14.8. The van der Waals surface area contributed by atoms with Gasteiger partial charge in [-0.3, -0.25) is 9.78 Å². The molecule has 0 radical (unpaired) electrons. The zero-order chi connectivity index (χ0) is 10.7. The molecule has 0 aliphatic heterocycles. The topological polar surface area (TPSA) is 39.2 Å². The average Bonchev–Trinajstić information content (AvgIpc) is 2.28. The number of ether oxygens (including phenoxy) is 1. The van der Waals surface area contributed by atoms with E-state index in [1.54, 1.807) is 18.3 Å². The molecule has 3 nitrogen and oxygen atoms in total. The summed E-state index contributed by atoms with van der Waals surface area (Å²) in [5.74, 6) is 0.730. The lowest BCUT2D eigenvalue weighted by Crippen LogP contribution is -1.92. The fourth-order valence-electron chi connectivity index (χ4n) is 1.45. The monoisotopic (exact) mass is 201 g/mol. The van der Waals surface area contributed by atoms with Gasteiger partial charge >= 0.3 is 0 Å². The van der Waals surface area contributed by atoms with Crippen LogP contribution in [0.3, 0.4) is 0 Å². The lowest BCUT2D eigenvalue weighted by molar-refractivity contribution is 0.112. The molecule has 2 rings (SSSR count). The number of pyridine rings is 1. The first-order chi connectivity index (χ1) is 7.33. The van der Waals surface area contributed by atoms with Crippen LogP contribution in [-0.2, 0) is 0 Å². The molecule has 0 aliphatic rings. The van der Waals surface area contributed by atoms with E-state index < -0.39 is 0 Å². The SMILES string of the molecule is CCOc1cnc2ccc(C=O)cc2c1. The summed E-state index contributed by atoms with van der Waals surface area (Å²) < 4.78 is 5.34. The lowest BCUT2D eigenvalue weighted by atomic mass is 10.1. The summed E-state index contributed by atoms with van der Waals surface area (Å²) in [5, 5.41) is 0.922. The van der Waals surface area contributed by atoms with Gasteiger partial charge < -0.3 is 4.74 Å². The van der Waals surface area contributed by atoms with E-state index in [1.807, 2.05) is 19.1 Å². The van der Waals surface area contributed by atoms with Crippen molar-refractivity contribution in [1.29, 1.82) is 0 Å². The molecule has 0 saturated heterocycles. The highest BCUT2D eigenvalue weighted by Gasteiger charge is 1.99. The van der Waals surface area contributed by atoms with Gasteiger partial charge in [0.15, 0.2) is 0 Å². The second-order valence-corrected chi connectivity index (χ2v) is 3.17. The van der Waals surface area contributed by atoms with Gasteiger partial charge in [-0.1, -0.05) is 0 Å². The second kappa shape index (κ2) is 4.09. The van der Waals surface area contributed by atoms with Crippen LogP contribution in [0.1, 0.15) is 17.3 Å². The maximum Gasteiger partial charge on any atom is 0.150 e. The minimum absolute atomic E-state index is 0.612. The summed E-state index contributed by atoms with van der Waals surface area (Å²) in [6, 6.07) is 7.27. The van der Waals surface area contributed by atoms with E-state index in [2.05, 4.69) is 4.98 Å². The Morgan fingerprint density at radius 1 is 1.40 bits per heavy atom. The maximum absolute atomic E-state index is 10.6. The summed E-state index contributed by atoms with van der Waals surface area (Å²) in [6.45, 7) is 2.53. The van der Waals surface area contributed by atoms with Crippen LogP contribution >= 0.6 is 0 Å². The van der Waals surface area contributed by atoms with Crippen molar-refractivity contribution in [2.24, 2.45) is 0 Å². The molecule has 0 amide bonds. The molecule has 1 heterocycles. The molecule has 0 fully saturated rings. The highest BCUT2D eigenvalue weighted by Crippen LogP contribution is 2.19. The number of carbonyl (C=O) groups excluding carboxylic acids is 1. The molecule has 1 aromatic heterocycles. The summed E-state index contributed by atoms with van der Waals surface area (Å²) in [7, 11) is 0. The number of benzene rings is 1. The summed E-state index contributed by atoms with van der Waals surface area (Å²) >= 11 is 0. The van der Waals surface area contributed by atoms with Gasteiger partial charge in [0, 0.05) is 10.9 Å². The van der Waals surface area contributed by atoms with Crippen LogP contribution in [-0.4, -0.2) is 17.9 Å². The van der Waals surface area contributed by atoms with Gasteiger partial charge in [0.2, 0.25) is 0 Å². The minimum Gasteiger partial charge on any atom is -0.492 e. The van der Waals surface area contributed by atoms with Crippen LogP contribution in [0.25, 0.3) is 10.9 Å². The lowest BCUT2D eigenvalue weighted by Gasteiger charge is -2.03. The molecule has 0 saturated carbocycles.